The first kappa shape index (κ1) is 26.4. The van der Waals surface area contributed by atoms with Crippen LogP contribution in [0.15, 0.2) is 30.7 Å². The molecular formula is C27H39N7OS. The second-order valence-corrected chi connectivity index (χ2v) is 10.6. The van der Waals surface area contributed by atoms with E-state index in [1.807, 2.05) is 31.6 Å². The van der Waals surface area contributed by atoms with E-state index in [0.29, 0.717) is 6.01 Å². The Morgan fingerprint density at radius 1 is 1.00 bits per heavy atom. The SMILES string of the molecule is CCCCCC(C)Oc1ncc(C)c(-c2cnc(Nc3ccc(CN4CCN(CC)CC4)cn3)s2)n1. The van der Waals surface area contributed by atoms with Gasteiger partial charge in [-0.1, -0.05) is 44.1 Å². The van der Waals surface area contributed by atoms with Crippen molar-refractivity contribution in [3.63, 3.8) is 0 Å². The van der Waals surface area contributed by atoms with Gasteiger partial charge in [0.05, 0.1) is 16.7 Å². The lowest BCUT2D eigenvalue weighted by Crippen LogP contribution is -2.45. The van der Waals surface area contributed by atoms with Crippen molar-refractivity contribution in [2.24, 2.45) is 0 Å². The van der Waals surface area contributed by atoms with E-state index >= 15 is 0 Å². The third-order valence-electron chi connectivity index (χ3n) is 6.59. The van der Waals surface area contributed by atoms with Crippen LogP contribution in [0.2, 0.25) is 0 Å². The molecule has 1 unspecified atom stereocenters. The molecule has 1 saturated heterocycles. The van der Waals surface area contributed by atoms with E-state index in [-0.39, 0.29) is 6.10 Å². The van der Waals surface area contributed by atoms with Crippen molar-refractivity contribution in [2.75, 3.05) is 38.0 Å². The monoisotopic (exact) mass is 509 g/mol. The minimum absolute atomic E-state index is 0.0980. The molecule has 4 rings (SSSR count). The number of nitrogens with one attached hydrogen (secondary N) is 1. The average molecular weight is 510 g/mol. The Labute approximate surface area is 219 Å². The molecule has 1 N–H and O–H groups in total. The summed E-state index contributed by atoms with van der Waals surface area (Å²) in [5.41, 5.74) is 3.09. The maximum absolute atomic E-state index is 5.99. The summed E-state index contributed by atoms with van der Waals surface area (Å²) in [6.45, 7) is 15.1. The minimum atomic E-state index is 0.0980. The van der Waals surface area contributed by atoms with Crippen molar-refractivity contribution in [1.82, 2.24) is 29.7 Å². The second kappa shape index (κ2) is 13.1. The van der Waals surface area contributed by atoms with Crippen molar-refractivity contribution >= 4 is 22.3 Å². The summed E-state index contributed by atoms with van der Waals surface area (Å²) in [7, 11) is 0. The topological polar surface area (TPSA) is 79.3 Å². The van der Waals surface area contributed by atoms with E-state index < -0.39 is 0 Å². The number of likely N-dealkylation sites (N-methyl/N-ethyl adjacent to an activating group) is 1. The van der Waals surface area contributed by atoms with Crippen LogP contribution in [0.3, 0.4) is 0 Å². The Morgan fingerprint density at radius 3 is 2.53 bits per heavy atom. The minimum Gasteiger partial charge on any atom is -0.460 e. The number of unbranched alkanes of at least 4 members (excludes halogenated alkanes) is 2. The van der Waals surface area contributed by atoms with Gasteiger partial charge in [-0.15, -0.1) is 0 Å². The zero-order valence-electron chi connectivity index (χ0n) is 22.0. The van der Waals surface area contributed by atoms with E-state index in [4.69, 9.17) is 9.72 Å². The highest BCUT2D eigenvalue weighted by Gasteiger charge is 2.16. The second-order valence-electron chi connectivity index (χ2n) is 9.53. The first-order valence-corrected chi connectivity index (χ1v) is 14.0. The number of aryl methyl sites for hydroxylation is 1. The summed E-state index contributed by atoms with van der Waals surface area (Å²) in [6.07, 6.45) is 10.3. The molecule has 0 bridgehead atoms. The summed E-state index contributed by atoms with van der Waals surface area (Å²) in [4.78, 5) is 24.2. The molecule has 0 amide bonds. The van der Waals surface area contributed by atoms with Crippen LogP contribution in [-0.2, 0) is 6.54 Å². The Hall–Kier alpha value is -2.62. The normalized spacial score (nSPS) is 15.7. The molecule has 1 aliphatic heterocycles. The van der Waals surface area contributed by atoms with Gasteiger partial charge in [0.15, 0.2) is 5.13 Å². The Bertz CT molecular complexity index is 1080. The van der Waals surface area contributed by atoms with Crippen molar-refractivity contribution in [2.45, 2.75) is 66.0 Å². The van der Waals surface area contributed by atoms with Crippen LogP contribution < -0.4 is 10.1 Å². The van der Waals surface area contributed by atoms with Crippen LogP contribution in [0, 0.1) is 6.92 Å². The van der Waals surface area contributed by atoms with E-state index in [1.165, 1.54) is 18.4 Å². The lowest BCUT2D eigenvalue weighted by atomic mass is 10.1. The van der Waals surface area contributed by atoms with E-state index in [9.17, 15) is 0 Å². The van der Waals surface area contributed by atoms with Crippen molar-refractivity contribution in [3.05, 3.63) is 41.9 Å². The summed E-state index contributed by atoms with van der Waals surface area (Å²) in [5, 5.41) is 4.12. The standard InChI is InChI=1S/C27H39N7OS/c1-5-7-8-9-21(4)35-26-29-16-20(3)25(32-26)23-18-30-27(36-23)31-24-11-10-22(17-28-24)19-34-14-12-33(6-2)13-15-34/h10-11,16-18,21H,5-9,12-15,19H2,1-4H3,(H,28,30,31). The van der Waals surface area contributed by atoms with Gasteiger partial charge in [0.25, 0.3) is 0 Å². The lowest BCUT2D eigenvalue weighted by Gasteiger charge is -2.33. The molecule has 3 aromatic heterocycles. The number of ether oxygens (including phenoxy) is 1. The van der Waals surface area contributed by atoms with Gasteiger partial charge in [0.2, 0.25) is 0 Å². The van der Waals surface area contributed by atoms with Crippen LogP contribution in [0.4, 0.5) is 10.9 Å². The van der Waals surface area contributed by atoms with Crippen LogP contribution in [0.25, 0.3) is 10.6 Å². The molecule has 3 aromatic rings. The van der Waals surface area contributed by atoms with Crippen LogP contribution in [0.1, 0.15) is 57.6 Å². The van der Waals surface area contributed by atoms with E-state index in [2.05, 4.69) is 56.9 Å². The quantitative estimate of drug-likeness (QED) is 0.319. The lowest BCUT2D eigenvalue weighted by molar-refractivity contribution is 0.132. The van der Waals surface area contributed by atoms with Crippen molar-refractivity contribution in [3.8, 4) is 16.6 Å². The van der Waals surface area contributed by atoms with Gasteiger partial charge < -0.3 is 15.0 Å². The maximum atomic E-state index is 5.99. The van der Waals surface area contributed by atoms with Crippen LogP contribution >= 0.6 is 11.3 Å². The molecule has 4 heterocycles. The van der Waals surface area contributed by atoms with E-state index in [0.717, 1.165) is 79.2 Å². The first-order chi connectivity index (χ1) is 17.5. The van der Waals surface area contributed by atoms with Crippen LogP contribution in [-0.4, -0.2) is 68.6 Å². The maximum Gasteiger partial charge on any atom is 0.317 e. The number of anilines is 2. The number of hydrogen-bond donors (Lipinski definition) is 1. The Morgan fingerprint density at radius 2 is 1.81 bits per heavy atom. The van der Waals surface area contributed by atoms with Gasteiger partial charge in [0, 0.05) is 51.3 Å². The predicted molar refractivity (Wildman–Crippen MR) is 147 cm³/mol. The van der Waals surface area contributed by atoms with Gasteiger partial charge in [-0.25, -0.2) is 15.0 Å². The number of hydrogen-bond acceptors (Lipinski definition) is 9. The summed E-state index contributed by atoms with van der Waals surface area (Å²) >= 11 is 1.55. The van der Waals surface area contributed by atoms with E-state index in [1.54, 1.807) is 11.3 Å². The fourth-order valence-electron chi connectivity index (χ4n) is 4.32. The average Bonchev–Trinajstić information content (AvgIpc) is 3.35. The van der Waals surface area contributed by atoms with Crippen molar-refractivity contribution in [1.29, 1.82) is 0 Å². The number of piperazine rings is 1. The third-order valence-corrected chi connectivity index (χ3v) is 7.51. The molecule has 0 spiro atoms. The fraction of sp³-hybridized carbons (Fsp3) is 0.556. The molecule has 0 aliphatic carbocycles. The van der Waals surface area contributed by atoms with Crippen LogP contribution in [0.5, 0.6) is 6.01 Å². The Balaban J connectivity index is 1.34. The van der Waals surface area contributed by atoms with Crippen molar-refractivity contribution < 1.29 is 4.74 Å². The fourth-order valence-corrected chi connectivity index (χ4v) is 5.20. The summed E-state index contributed by atoms with van der Waals surface area (Å²) in [5.74, 6) is 0.791. The van der Waals surface area contributed by atoms with Gasteiger partial charge >= 0.3 is 6.01 Å². The molecular weight excluding hydrogens is 470 g/mol. The number of aromatic nitrogens is 4. The highest BCUT2D eigenvalue weighted by atomic mass is 32.1. The van der Waals surface area contributed by atoms with Gasteiger partial charge in [-0.05, 0) is 50.4 Å². The number of thiazole rings is 1. The summed E-state index contributed by atoms with van der Waals surface area (Å²) < 4.78 is 5.99. The molecule has 9 heteroatoms. The molecule has 0 radical (unpaired) electrons. The molecule has 0 saturated carbocycles. The number of rotatable bonds is 12. The predicted octanol–water partition coefficient (Wildman–Crippen LogP) is 5.53. The first-order valence-electron chi connectivity index (χ1n) is 13.2. The zero-order chi connectivity index (χ0) is 25.3. The highest BCUT2D eigenvalue weighted by Crippen LogP contribution is 2.32. The zero-order valence-corrected chi connectivity index (χ0v) is 22.9. The third kappa shape index (κ3) is 7.44. The smallest absolute Gasteiger partial charge is 0.317 e. The molecule has 1 atom stereocenters. The summed E-state index contributed by atoms with van der Waals surface area (Å²) in [6, 6.07) is 4.60. The molecule has 1 aliphatic rings. The molecule has 194 valence electrons. The number of nitrogens with zero attached hydrogens (tertiary/aromatic N) is 6. The van der Waals surface area contributed by atoms with Gasteiger partial charge in [-0.2, -0.15) is 4.98 Å². The molecule has 8 nitrogen and oxygen atoms in total. The number of pyridine rings is 1. The Kier molecular flexibility index (Phi) is 9.60. The van der Waals surface area contributed by atoms with Gasteiger partial charge in [-0.3, -0.25) is 4.90 Å². The largest absolute Gasteiger partial charge is 0.460 e. The van der Waals surface area contributed by atoms with Gasteiger partial charge in [0.1, 0.15) is 5.82 Å². The molecule has 0 aromatic carbocycles. The molecule has 36 heavy (non-hydrogen) atoms. The highest BCUT2D eigenvalue weighted by molar-refractivity contribution is 7.18. The molecule has 1 fully saturated rings.